The molecule has 2 heterocycles. The summed E-state index contributed by atoms with van der Waals surface area (Å²) in [5, 5.41) is 4.31. The SMILES string of the molecule is CCC(=O)c1ccc(OC)n2nc(CC)nc12. The van der Waals surface area contributed by atoms with Crippen LogP contribution in [0.3, 0.4) is 0 Å². The molecule has 0 aliphatic carbocycles. The molecule has 0 aromatic carbocycles. The summed E-state index contributed by atoms with van der Waals surface area (Å²) < 4.78 is 6.79. The standard InChI is InChI=1S/C12H15N3O2/c1-4-9(16)8-6-7-11(17-3)15-12(8)13-10(5-2)14-15/h6-7H,4-5H2,1-3H3. The third-order valence-electron chi connectivity index (χ3n) is 2.64. The van der Waals surface area contributed by atoms with Crippen LogP contribution in [0.1, 0.15) is 36.5 Å². The molecule has 5 nitrogen and oxygen atoms in total. The van der Waals surface area contributed by atoms with Gasteiger partial charge in [0.05, 0.1) is 12.7 Å². The van der Waals surface area contributed by atoms with Gasteiger partial charge in [0, 0.05) is 18.9 Å². The monoisotopic (exact) mass is 233 g/mol. The topological polar surface area (TPSA) is 56.5 Å². The molecule has 0 N–H and O–H groups in total. The average Bonchev–Trinajstić information content (AvgIpc) is 2.80. The molecule has 0 amide bonds. The molecule has 90 valence electrons. The molecule has 0 aliphatic rings. The molecule has 0 saturated heterocycles. The van der Waals surface area contributed by atoms with Crippen molar-refractivity contribution < 1.29 is 9.53 Å². The van der Waals surface area contributed by atoms with E-state index < -0.39 is 0 Å². The minimum Gasteiger partial charge on any atom is -0.481 e. The first-order chi connectivity index (χ1) is 8.21. The number of hydrogen-bond acceptors (Lipinski definition) is 4. The van der Waals surface area contributed by atoms with Gasteiger partial charge in [-0.3, -0.25) is 4.79 Å². The summed E-state index contributed by atoms with van der Waals surface area (Å²) >= 11 is 0. The van der Waals surface area contributed by atoms with Gasteiger partial charge in [-0.05, 0) is 6.07 Å². The van der Waals surface area contributed by atoms with Gasteiger partial charge in [-0.1, -0.05) is 13.8 Å². The first-order valence-corrected chi connectivity index (χ1v) is 5.67. The molecule has 0 fully saturated rings. The van der Waals surface area contributed by atoms with Gasteiger partial charge in [0.15, 0.2) is 17.3 Å². The van der Waals surface area contributed by atoms with Crippen LogP contribution in [0, 0.1) is 0 Å². The second-order valence-electron chi connectivity index (χ2n) is 3.68. The number of methoxy groups -OCH3 is 1. The van der Waals surface area contributed by atoms with Crippen LogP contribution in [-0.4, -0.2) is 27.5 Å². The van der Waals surface area contributed by atoms with E-state index in [2.05, 4.69) is 10.1 Å². The molecule has 17 heavy (non-hydrogen) atoms. The number of ketones is 1. The van der Waals surface area contributed by atoms with Crippen LogP contribution in [0.25, 0.3) is 5.65 Å². The Labute approximate surface area is 99.4 Å². The quantitative estimate of drug-likeness (QED) is 0.757. The summed E-state index contributed by atoms with van der Waals surface area (Å²) in [5.41, 5.74) is 1.17. The van der Waals surface area contributed by atoms with Crippen molar-refractivity contribution in [3.8, 4) is 5.88 Å². The zero-order valence-corrected chi connectivity index (χ0v) is 10.2. The molecule has 0 radical (unpaired) electrons. The van der Waals surface area contributed by atoms with Gasteiger partial charge in [-0.15, -0.1) is 5.10 Å². The molecule has 0 saturated carbocycles. The summed E-state index contributed by atoms with van der Waals surface area (Å²) in [6.07, 6.45) is 1.18. The van der Waals surface area contributed by atoms with Crippen molar-refractivity contribution in [2.24, 2.45) is 0 Å². The van der Waals surface area contributed by atoms with Gasteiger partial charge in [0.25, 0.3) is 0 Å². The van der Waals surface area contributed by atoms with E-state index in [1.807, 2.05) is 13.8 Å². The van der Waals surface area contributed by atoms with Crippen LogP contribution in [0.4, 0.5) is 0 Å². The van der Waals surface area contributed by atoms with Gasteiger partial charge in [0.1, 0.15) is 0 Å². The number of aromatic nitrogens is 3. The second kappa shape index (κ2) is 4.53. The zero-order valence-electron chi connectivity index (χ0n) is 10.2. The van der Waals surface area contributed by atoms with Gasteiger partial charge in [-0.25, -0.2) is 4.98 Å². The number of Topliss-reactive ketones (excluding diaryl/α,β-unsaturated/α-hetero) is 1. The molecule has 0 unspecified atom stereocenters. The average molecular weight is 233 g/mol. The van der Waals surface area contributed by atoms with Crippen LogP contribution < -0.4 is 4.74 Å². The normalized spacial score (nSPS) is 10.8. The molecule has 2 aromatic rings. The minimum atomic E-state index is 0.0627. The summed E-state index contributed by atoms with van der Waals surface area (Å²) in [6, 6.07) is 3.48. The number of ether oxygens (including phenoxy) is 1. The summed E-state index contributed by atoms with van der Waals surface area (Å²) in [4.78, 5) is 16.2. The van der Waals surface area contributed by atoms with Crippen molar-refractivity contribution in [2.45, 2.75) is 26.7 Å². The smallest absolute Gasteiger partial charge is 0.216 e. The largest absolute Gasteiger partial charge is 0.481 e. The van der Waals surface area contributed by atoms with Crippen molar-refractivity contribution in [2.75, 3.05) is 7.11 Å². The Hall–Kier alpha value is -1.91. The molecule has 0 spiro atoms. The highest BCUT2D eigenvalue weighted by Crippen LogP contribution is 2.18. The van der Waals surface area contributed by atoms with Crippen molar-refractivity contribution in [1.29, 1.82) is 0 Å². The minimum absolute atomic E-state index is 0.0627. The fraction of sp³-hybridized carbons (Fsp3) is 0.417. The fourth-order valence-corrected chi connectivity index (χ4v) is 1.69. The molecule has 0 atom stereocenters. The highest BCUT2D eigenvalue weighted by atomic mass is 16.5. The van der Waals surface area contributed by atoms with Crippen LogP contribution in [0.2, 0.25) is 0 Å². The lowest BCUT2D eigenvalue weighted by atomic mass is 10.1. The van der Waals surface area contributed by atoms with Crippen molar-refractivity contribution in [1.82, 2.24) is 14.6 Å². The third kappa shape index (κ3) is 1.88. The molecular weight excluding hydrogens is 218 g/mol. The highest BCUT2D eigenvalue weighted by Gasteiger charge is 2.15. The van der Waals surface area contributed by atoms with Gasteiger partial charge >= 0.3 is 0 Å². The Morgan fingerprint density at radius 3 is 2.76 bits per heavy atom. The van der Waals surface area contributed by atoms with Crippen LogP contribution in [-0.2, 0) is 6.42 Å². The highest BCUT2D eigenvalue weighted by molar-refractivity contribution is 6.01. The van der Waals surface area contributed by atoms with Gasteiger partial charge in [-0.2, -0.15) is 4.52 Å². The third-order valence-corrected chi connectivity index (χ3v) is 2.64. The number of pyridine rings is 1. The molecular formula is C12H15N3O2. The Morgan fingerprint density at radius 1 is 1.41 bits per heavy atom. The summed E-state index contributed by atoms with van der Waals surface area (Å²) in [7, 11) is 1.57. The van der Waals surface area contributed by atoms with Crippen molar-refractivity contribution in [3.05, 3.63) is 23.5 Å². The van der Waals surface area contributed by atoms with E-state index in [4.69, 9.17) is 4.74 Å². The van der Waals surface area contributed by atoms with E-state index in [9.17, 15) is 4.79 Å². The van der Waals surface area contributed by atoms with Crippen molar-refractivity contribution >= 4 is 11.4 Å². The summed E-state index contributed by atoms with van der Waals surface area (Å²) in [5.74, 6) is 1.35. The maximum Gasteiger partial charge on any atom is 0.216 e. The maximum atomic E-state index is 11.8. The van der Waals surface area contributed by atoms with E-state index in [-0.39, 0.29) is 5.78 Å². The lowest BCUT2D eigenvalue weighted by Gasteiger charge is -2.04. The number of carbonyl (C=O) groups is 1. The molecule has 2 rings (SSSR count). The number of rotatable bonds is 4. The second-order valence-corrected chi connectivity index (χ2v) is 3.68. The maximum absolute atomic E-state index is 11.8. The molecule has 5 heteroatoms. The van der Waals surface area contributed by atoms with E-state index in [0.717, 1.165) is 6.42 Å². The Morgan fingerprint density at radius 2 is 2.18 bits per heavy atom. The van der Waals surface area contributed by atoms with Crippen LogP contribution >= 0.6 is 0 Å². The Bertz CT molecular complexity index is 560. The van der Waals surface area contributed by atoms with Crippen LogP contribution in [0.15, 0.2) is 12.1 Å². The number of hydrogen-bond donors (Lipinski definition) is 0. The van der Waals surface area contributed by atoms with Crippen molar-refractivity contribution in [3.63, 3.8) is 0 Å². The van der Waals surface area contributed by atoms with E-state index in [1.165, 1.54) is 0 Å². The van der Waals surface area contributed by atoms with E-state index in [1.54, 1.807) is 23.8 Å². The van der Waals surface area contributed by atoms with E-state index >= 15 is 0 Å². The lowest BCUT2D eigenvalue weighted by molar-refractivity contribution is 0.0989. The van der Waals surface area contributed by atoms with Crippen LogP contribution in [0.5, 0.6) is 5.88 Å². The fourth-order valence-electron chi connectivity index (χ4n) is 1.69. The number of fused-ring (bicyclic) bond motifs is 1. The number of aryl methyl sites for hydroxylation is 1. The lowest BCUT2D eigenvalue weighted by Crippen LogP contribution is -2.03. The van der Waals surface area contributed by atoms with Gasteiger partial charge in [0.2, 0.25) is 5.88 Å². The Balaban J connectivity index is 2.71. The number of nitrogens with zero attached hydrogens (tertiary/aromatic N) is 3. The van der Waals surface area contributed by atoms with E-state index in [0.29, 0.717) is 29.3 Å². The molecule has 2 aromatic heterocycles. The van der Waals surface area contributed by atoms with Gasteiger partial charge < -0.3 is 4.74 Å². The zero-order chi connectivity index (χ0) is 12.4. The predicted molar refractivity (Wildman–Crippen MR) is 63.5 cm³/mol. The first kappa shape index (κ1) is 11.6. The molecule has 0 bridgehead atoms. The molecule has 0 aliphatic heterocycles. The summed E-state index contributed by atoms with van der Waals surface area (Å²) in [6.45, 7) is 3.81. The Kier molecular flexibility index (Phi) is 3.08. The first-order valence-electron chi connectivity index (χ1n) is 5.67. The number of carbonyl (C=O) groups excluding carboxylic acids is 1. The predicted octanol–water partition coefficient (Wildman–Crippen LogP) is 1.89.